The minimum atomic E-state index is -3.55. The van der Waals surface area contributed by atoms with Crippen LogP contribution in [0.25, 0.3) is 0 Å². The van der Waals surface area contributed by atoms with E-state index < -0.39 is 16.0 Å². The van der Waals surface area contributed by atoms with Crippen molar-refractivity contribution in [3.05, 3.63) is 29.3 Å². The van der Waals surface area contributed by atoms with E-state index in [4.69, 9.17) is 0 Å². The van der Waals surface area contributed by atoms with Crippen LogP contribution in [-0.4, -0.2) is 52.0 Å². The van der Waals surface area contributed by atoms with Gasteiger partial charge in [-0.05, 0) is 43.7 Å². The Hall–Kier alpha value is -1.15. The molecule has 0 bridgehead atoms. The molecule has 22 heavy (non-hydrogen) atoms. The van der Waals surface area contributed by atoms with Crippen LogP contribution in [0.3, 0.4) is 0 Å². The highest BCUT2D eigenvalue weighted by atomic mass is 35.5. The summed E-state index contributed by atoms with van der Waals surface area (Å²) in [7, 11) is -0.660. The second-order valence-corrected chi connectivity index (χ2v) is 7.13. The number of benzene rings is 1. The highest BCUT2D eigenvalue weighted by Crippen LogP contribution is 2.22. The third kappa shape index (κ3) is 3.60. The maximum absolute atomic E-state index is 12.6. The molecule has 0 saturated carbocycles. The molecule has 1 saturated heterocycles. The van der Waals surface area contributed by atoms with Gasteiger partial charge in [-0.15, -0.1) is 12.4 Å². The van der Waals surface area contributed by atoms with Crippen molar-refractivity contribution in [2.45, 2.75) is 24.3 Å². The van der Waals surface area contributed by atoms with Gasteiger partial charge in [-0.25, -0.2) is 13.2 Å². The van der Waals surface area contributed by atoms with E-state index >= 15 is 0 Å². The Labute approximate surface area is 137 Å². The Kier molecular flexibility index (Phi) is 6.37. The van der Waals surface area contributed by atoms with Gasteiger partial charge in [-0.2, -0.15) is 4.31 Å². The zero-order chi connectivity index (χ0) is 15.6. The molecule has 0 amide bonds. The zero-order valence-electron chi connectivity index (χ0n) is 12.8. The lowest BCUT2D eigenvalue weighted by atomic mass is 10.1. The minimum absolute atomic E-state index is 0. The monoisotopic (exact) mass is 348 g/mol. The summed E-state index contributed by atoms with van der Waals surface area (Å²) in [4.78, 5) is 11.7. The molecule has 0 aromatic heterocycles. The Morgan fingerprint density at radius 3 is 2.59 bits per heavy atom. The number of likely N-dealkylation sites (N-methyl/N-ethyl adjacent to an activating group) is 1. The lowest BCUT2D eigenvalue weighted by Crippen LogP contribution is -2.38. The summed E-state index contributed by atoms with van der Waals surface area (Å²) in [5.41, 5.74) is 0.961. The molecule has 0 spiro atoms. The third-order valence-corrected chi connectivity index (χ3v) is 5.73. The van der Waals surface area contributed by atoms with Crippen molar-refractivity contribution in [1.29, 1.82) is 0 Å². The van der Waals surface area contributed by atoms with Gasteiger partial charge in [0.2, 0.25) is 10.0 Å². The van der Waals surface area contributed by atoms with Crippen LogP contribution < -0.4 is 5.32 Å². The molecule has 124 valence electrons. The summed E-state index contributed by atoms with van der Waals surface area (Å²) in [6.45, 7) is 3.18. The van der Waals surface area contributed by atoms with Gasteiger partial charge < -0.3 is 10.1 Å². The SMILES string of the molecule is COC(=O)c1ccc(S(=O)(=O)N(C)C2CCNC2)cc1C.Cl. The number of hydrogen-bond acceptors (Lipinski definition) is 5. The number of rotatable bonds is 4. The Balaban J connectivity index is 0.00000242. The molecule has 1 unspecified atom stereocenters. The summed E-state index contributed by atoms with van der Waals surface area (Å²) in [5.74, 6) is -0.468. The van der Waals surface area contributed by atoms with Crippen LogP contribution in [0.1, 0.15) is 22.3 Å². The lowest BCUT2D eigenvalue weighted by molar-refractivity contribution is 0.0600. The molecule has 1 aliphatic heterocycles. The second-order valence-electron chi connectivity index (χ2n) is 5.14. The van der Waals surface area contributed by atoms with Crippen molar-refractivity contribution < 1.29 is 17.9 Å². The molecule has 1 heterocycles. The largest absolute Gasteiger partial charge is 0.465 e. The van der Waals surface area contributed by atoms with Crippen LogP contribution in [0.4, 0.5) is 0 Å². The lowest BCUT2D eigenvalue weighted by Gasteiger charge is -2.23. The van der Waals surface area contributed by atoms with Crippen molar-refractivity contribution in [2.24, 2.45) is 0 Å². The van der Waals surface area contributed by atoms with E-state index in [1.807, 2.05) is 0 Å². The fourth-order valence-electron chi connectivity index (χ4n) is 2.45. The van der Waals surface area contributed by atoms with Gasteiger partial charge in [0.15, 0.2) is 0 Å². The number of halogens is 1. The van der Waals surface area contributed by atoms with Crippen LogP contribution in [0.5, 0.6) is 0 Å². The number of ether oxygens (including phenoxy) is 1. The van der Waals surface area contributed by atoms with Crippen molar-refractivity contribution in [3.8, 4) is 0 Å². The van der Waals surface area contributed by atoms with Crippen LogP contribution in [0, 0.1) is 6.92 Å². The number of carbonyl (C=O) groups excluding carboxylic acids is 1. The first-order valence-electron chi connectivity index (χ1n) is 6.75. The average Bonchev–Trinajstić information content (AvgIpc) is 2.99. The third-order valence-electron chi connectivity index (χ3n) is 3.83. The highest BCUT2D eigenvalue weighted by Gasteiger charge is 2.30. The summed E-state index contributed by atoms with van der Waals surface area (Å²) in [5, 5.41) is 3.15. The smallest absolute Gasteiger partial charge is 0.338 e. The summed E-state index contributed by atoms with van der Waals surface area (Å²) < 4.78 is 31.3. The number of nitrogens with zero attached hydrogens (tertiary/aromatic N) is 1. The van der Waals surface area contributed by atoms with Crippen molar-refractivity contribution in [1.82, 2.24) is 9.62 Å². The van der Waals surface area contributed by atoms with Gasteiger partial charge >= 0.3 is 5.97 Å². The Morgan fingerprint density at radius 1 is 1.41 bits per heavy atom. The van der Waals surface area contributed by atoms with E-state index in [0.717, 1.165) is 13.0 Å². The number of hydrogen-bond donors (Lipinski definition) is 1. The molecular weight excluding hydrogens is 328 g/mol. The number of carbonyl (C=O) groups is 1. The van der Waals surface area contributed by atoms with Gasteiger partial charge in [-0.1, -0.05) is 0 Å². The van der Waals surface area contributed by atoms with Gasteiger partial charge in [0.25, 0.3) is 0 Å². The van der Waals surface area contributed by atoms with Crippen LogP contribution >= 0.6 is 12.4 Å². The van der Waals surface area contributed by atoms with E-state index in [2.05, 4.69) is 10.1 Å². The molecule has 1 N–H and O–H groups in total. The number of sulfonamides is 1. The molecule has 8 heteroatoms. The van der Waals surface area contributed by atoms with Gasteiger partial charge in [0, 0.05) is 19.6 Å². The standard InChI is InChI=1S/C14H20N2O4S.ClH/c1-10-8-12(4-5-13(10)14(17)20-3)21(18,19)16(2)11-6-7-15-9-11;/h4-5,8,11,15H,6-7,9H2,1-3H3;1H. The first-order chi connectivity index (χ1) is 9.87. The number of aryl methyl sites for hydroxylation is 1. The molecule has 1 aromatic rings. The van der Waals surface area contributed by atoms with Gasteiger partial charge in [-0.3, -0.25) is 0 Å². The number of methoxy groups -OCH3 is 1. The predicted molar refractivity (Wildman–Crippen MR) is 86.0 cm³/mol. The summed E-state index contributed by atoms with van der Waals surface area (Å²) >= 11 is 0. The zero-order valence-corrected chi connectivity index (χ0v) is 14.5. The topological polar surface area (TPSA) is 75.7 Å². The molecule has 6 nitrogen and oxygen atoms in total. The van der Waals surface area contributed by atoms with Crippen molar-refractivity contribution in [2.75, 3.05) is 27.2 Å². The van der Waals surface area contributed by atoms with E-state index in [0.29, 0.717) is 17.7 Å². The molecule has 1 aromatic carbocycles. The summed E-state index contributed by atoms with van der Waals surface area (Å²) in [6, 6.07) is 4.43. The number of esters is 1. The van der Waals surface area contributed by atoms with Crippen LogP contribution in [0.2, 0.25) is 0 Å². The molecule has 0 radical (unpaired) electrons. The molecule has 1 atom stereocenters. The second kappa shape index (κ2) is 7.41. The summed E-state index contributed by atoms with van der Waals surface area (Å²) in [6.07, 6.45) is 0.801. The quantitative estimate of drug-likeness (QED) is 0.827. The van der Waals surface area contributed by atoms with E-state index in [1.165, 1.54) is 29.6 Å². The van der Waals surface area contributed by atoms with E-state index in [1.54, 1.807) is 14.0 Å². The molecule has 2 rings (SSSR count). The average molecular weight is 349 g/mol. The molecule has 0 aliphatic carbocycles. The minimum Gasteiger partial charge on any atom is -0.465 e. The maximum Gasteiger partial charge on any atom is 0.338 e. The Bertz CT molecular complexity index is 642. The normalized spacial score (nSPS) is 18.1. The predicted octanol–water partition coefficient (Wildman–Crippen LogP) is 1.19. The van der Waals surface area contributed by atoms with Crippen molar-refractivity contribution >= 4 is 28.4 Å². The highest BCUT2D eigenvalue weighted by molar-refractivity contribution is 7.89. The fraction of sp³-hybridized carbons (Fsp3) is 0.500. The van der Waals surface area contributed by atoms with Crippen molar-refractivity contribution in [3.63, 3.8) is 0 Å². The van der Waals surface area contributed by atoms with Gasteiger partial charge in [0.1, 0.15) is 0 Å². The van der Waals surface area contributed by atoms with Crippen LogP contribution in [-0.2, 0) is 14.8 Å². The Morgan fingerprint density at radius 2 is 2.09 bits per heavy atom. The molecule has 1 aliphatic rings. The first-order valence-corrected chi connectivity index (χ1v) is 8.19. The van der Waals surface area contributed by atoms with Crippen LogP contribution in [0.15, 0.2) is 23.1 Å². The maximum atomic E-state index is 12.6. The fourth-order valence-corrected chi connectivity index (χ4v) is 3.92. The van der Waals surface area contributed by atoms with E-state index in [9.17, 15) is 13.2 Å². The molecular formula is C14H21ClN2O4S. The first kappa shape index (κ1) is 18.9. The number of nitrogens with one attached hydrogen (secondary N) is 1. The van der Waals surface area contributed by atoms with E-state index in [-0.39, 0.29) is 23.3 Å². The molecule has 1 fully saturated rings. The van der Waals surface area contributed by atoms with Gasteiger partial charge in [0.05, 0.1) is 17.6 Å².